The second-order valence-electron chi connectivity index (χ2n) is 7.88. The molecule has 0 radical (unpaired) electrons. The molecule has 29 heavy (non-hydrogen) atoms. The summed E-state index contributed by atoms with van der Waals surface area (Å²) in [7, 11) is 0. The van der Waals surface area contributed by atoms with Gasteiger partial charge in [0.1, 0.15) is 16.5 Å². The van der Waals surface area contributed by atoms with Crippen molar-refractivity contribution in [2.45, 2.75) is 37.8 Å². The molecular weight excluding hydrogens is 394 g/mol. The van der Waals surface area contributed by atoms with E-state index in [9.17, 15) is 10.2 Å². The number of piperidine rings is 1. The standard InChI is InChI=1S/C19H24ClN7O2/c20-14-11(1-4-24-18(14)29)15(22)16-17(23)26-13(9-25-16)27-5-2-19(3-6-27)8-10(28)7-12(19)21/h1,4,9-10,12,22,28H,2-3,5-8,21H2,(H2,23,26)(H,24,29). The molecule has 1 aliphatic heterocycles. The number of aliphatic hydroxyl groups is 1. The second kappa shape index (κ2) is 7.40. The number of pyridine rings is 1. The lowest BCUT2D eigenvalue weighted by atomic mass is 9.74. The number of hydrogen-bond acceptors (Lipinski definition) is 9. The molecule has 2 unspecified atom stereocenters. The predicted octanol–water partition coefficient (Wildman–Crippen LogP) is 1.30. The highest BCUT2D eigenvalue weighted by atomic mass is 35.5. The maximum Gasteiger partial charge on any atom is 0.230 e. The topological polar surface area (TPSA) is 158 Å². The molecule has 2 fully saturated rings. The van der Waals surface area contributed by atoms with Crippen LogP contribution in [-0.2, 0) is 0 Å². The highest BCUT2D eigenvalue weighted by molar-refractivity contribution is 6.36. The zero-order valence-corrected chi connectivity index (χ0v) is 16.6. The third kappa shape index (κ3) is 3.50. The Morgan fingerprint density at radius 2 is 2.03 bits per heavy atom. The van der Waals surface area contributed by atoms with E-state index in [4.69, 9.17) is 28.5 Å². The highest BCUT2D eigenvalue weighted by Gasteiger charge is 2.46. The molecule has 0 bridgehead atoms. The summed E-state index contributed by atoms with van der Waals surface area (Å²) in [6.07, 6.45) is 5.83. The van der Waals surface area contributed by atoms with E-state index in [1.807, 2.05) is 0 Å². The molecule has 9 nitrogen and oxygen atoms in total. The van der Waals surface area contributed by atoms with Crippen molar-refractivity contribution in [3.05, 3.63) is 34.7 Å². The van der Waals surface area contributed by atoms with Crippen LogP contribution in [0.25, 0.3) is 0 Å². The summed E-state index contributed by atoms with van der Waals surface area (Å²) in [4.78, 5) is 14.6. The summed E-state index contributed by atoms with van der Waals surface area (Å²) in [6, 6.07) is 1.54. The van der Waals surface area contributed by atoms with Crippen molar-refractivity contribution >= 4 is 28.9 Å². The van der Waals surface area contributed by atoms with Crippen LogP contribution in [0.15, 0.2) is 18.5 Å². The fourth-order valence-electron chi connectivity index (χ4n) is 4.50. The number of nitrogens with zero attached hydrogens (tertiary/aromatic N) is 4. The van der Waals surface area contributed by atoms with Gasteiger partial charge >= 0.3 is 0 Å². The molecular formula is C19H24ClN7O2. The van der Waals surface area contributed by atoms with E-state index in [0.29, 0.717) is 12.2 Å². The number of rotatable bonds is 3. The number of halogens is 1. The average Bonchev–Trinajstić information content (AvgIpc) is 2.96. The quantitative estimate of drug-likeness (QED) is 0.467. The maximum absolute atomic E-state index is 9.97. The van der Waals surface area contributed by atoms with Crippen LogP contribution in [0.5, 0.6) is 5.88 Å². The van der Waals surface area contributed by atoms with Gasteiger partial charge in [0.15, 0.2) is 5.82 Å². The molecule has 2 aliphatic rings. The van der Waals surface area contributed by atoms with Gasteiger partial charge in [-0.3, -0.25) is 5.41 Å². The monoisotopic (exact) mass is 417 g/mol. The average molecular weight is 418 g/mol. The zero-order valence-electron chi connectivity index (χ0n) is 15.8. The Morgan fingerprint density at radius 3 is 2.66 bits per heavy atom. The predicted molar refractivity (Wildman–Crippen MR) is 110 cm³/mol. The van der Waals surface area contributed by atoms with E-state index in [2.05, 4.69) is 19.9 Å². The van der Waals surface area contributed by atoms with Crippen molar-refractivity contribution in [2.75, 3.05) is 23.7 Å². The summed E-state index contributed by atoms with van der Waals surface area (Å²) in [5, 5.41) is 28.0. The zero-order chi connectivity index (χ0) is 20.8. The molecule has 0 aromatic carbocycles. The normalized spacial score (nSPS) is 23.5. The van der Waals surface area contributed by atoms with Gasteiger partial charge in [0.2, 0.25) is 5.88 Å². The number of hydrogen-bond donors (Lipinski definition) is 5. The minimum atomic E-state index is -0.352. The molecule has 4 rings (SSSR count). The Morgan fingerprint density at radius 1 is 1.31 bits per heavy atom. The first-order chi connectivity index (χ1) is 13.8. The van der Waals surface area contributed by atoms with Crippen molar-refractivity contribution in [1.82, 2.24) is 15.0 Å². The number of nitrogens with two attached hydrogens (primary N) is 2. The molecule has 1 aliphatic carbocycles. The fraction of sp³-hybridized carbons (Fsp3) is 0.474. The molecule has 10 heteroatoms. The van der Waals surface area contributed by atoms with E-state index in [0.717, 1.165) is 32.4 Å². The molecule has 1 spiro atoms. The largest absolute Gasteiger partial charge is 0.492 e. The van der Waals surface area contributed by atoms with Gasteiger partial charge in [0, 0.05) is 30.9 Å². The highest BCUT2D eigenvalue weighted by Crippen LogP contribution is 2.46. The van der Waals surface area contributed by atoms with E-state index in [1.54, 1.807) is 6.20 Å². The van der Waals surface area contributed by atoms with Crippen molar-refractivity contribution in [3.63, 3.8) is 0 Å². The van der Waals surface area contributed by atoms with Crippen LogP contribution in [0.4, 0.5) is 11.6 Å². The summed E-state index contributed by atoms with van der Waals surface area (Å²) >= 11 is 6.05. The Balaban J connectivity index is 1.51. The lowest BCUT2D eigenvalue weighted by Crippen LogP contribution is -2.47. The summed E-state index contributed by atoms with van der Waals surface area (Å²) in [5.41, 5.74) is 12.8. The van der Waals surface area contributed by atoms with Crippen LogP contribution in [0.3, 0.4) is 0 Å². The molecule has 2 atom stereocenters. The van der Waals surface area contributed by atoms with Crippen molar-refractivity contribution in [1.29, 1.82) is 5.41 Å². The van der Waals surface area contributed by atoms with E-state index < -0.39 is 0 Å². The molecule has 7 N–H and O–H groups in total. The number of aromatic hydroxyl groups is 1. The molecule has 0 amide bonds. The Labute approximate surface area is 173 Å². The SMILES string of the molecule is N=C(c1ccnc(O)c1Cl)c1ncc(N2CCC3(CC2)CC(O)CC3N)nc1N. The van der Waals surface area contributed by atoms with Crippen LogP contribution in [0.1, 0.15) is 36.9 Å². The van der Waals surface area contributed by atoms with E-state index in [-0.39, 0.29) is 51.3 Å². The minimum Gasteiger partial charge on any atom is -0.492 e. The van der Waals surface area contributed by atoms with Gasteiger partial charge in [-0.25, -0.2) is 15.0 Å². The third-order valence-electron chi connectivity index (χ3n) is 6.20. The molecule has 154 valence electrons. The van der Waals surface area contributed by atoms with Crippen LogP contribution in [0, 0.1) is 10.8 Å². The van der Waals surface area contributed by atoms with Gasteiger partial charge in [-0.15, -0.1) is 0 Å². The lowest BCUT2D eigenvalue weighted by molar-refractivity contribution is 0.141. The number of anilines is 2. The van der Waals surface area contributed by atoms with Gasteiger partial charge in [0.05, 0.1) is 18.0 Å². The van der Waals surface area contributed by atoms with Crippen LogP contribution in [-0.4, -0.2) is 56.1 Å². The van der Waals surface area contributed by atoms with Gasteiger partial charge in [0.25, 0.3) is 0 Å². The summed E-state index contributed by atoms with van der Waals surface area (Å²) < 4.78 is 0. The van der Waals surface area contributed by atoms with Crippen LogP contribution >= 0.6 is 11.6 Å². The second-order valence-corrected chi connectivity index (χ2v) is 8.26. The number of nitrogen functional groups attached to an aromatic ring is 1. The van der Waals surface area contributed by atoms with E-state index >= 15 is 0 Å². The first kappa shape index (κ1) is 19.8. The Bertz CT molecular complexity index is 946. The number of aliphatic hydroxyl groups excluding tert-OH is 1. The summed E-state index contributed by atoms with van der Waals surface area (Å²) in [6.45, 7) is 1.52. The summed E-state index contributed by atoms with van der Waals surface area (Å²) in [5.74, 6) is 0.410. The van der Waals surface area contributed by atoms with Crippen LogP contribution in [0.2, 0.25) is 5.02 Å². The Kier molecular flexibility index (Phi) is 5.05. The minimum absolute atomic E-state index is 0.00292. The molecule has 1 saturated carbocycles. The molecule has 3 heterocycles. The molecule has 2 aromatic heterocycles. The molecule has 2 aromatic rings. The maximum atomic E-state index is 9.97. The van der Waals surface area contributed by atoms with Crippen LogP contribution < -0.4 is 16.4 Å². The van der Waals surface area contributed by atoms with Gasteiger partial charge in [-0.2, -0.15) is 0 Å². The van der Waals surface area contributed by atoms with E-state index in [1.165, 1.54) is 12.3 Å². The fourth-order valence-corrected chi connectivity index (χ4v) is 4.70. The van der Waals surface area contributed by atoms with Gasteiger partial charge in [-0.1, -0.05) is 11.6 Å². The number of aromatic nitrogens is 3. The van der Waals surface area contributed by atoms with Crippen molar-refractivity contribution in [3.8, 4) is 5.88 Å². The first-order valence-electron chi connectivity index (χ1n) is 9.54. The van der Waals surface area contributed by atoms with Crippen molar-refractivity contribution in [2.24, 2.45) is 11.1 Å². The van der Waals surface area contributed by atoms with Gasteiger partial charge in [-0.05, 0) is 37.2 Å². The van der Waals surface area contributed by atoms with Gasteiger partial charge < -0.3 is 26.6 Å². The van der Waals surface area contributed by atoms with Crippen molar-refractivity contribution < 1.29 is 10.2 Å². The smallest absolute Gasteiger partial charge is 0.230 e. The lowest BCUT2D eigenvalue weighted by Gasteiger charge is -2.42. The first-order valence-corrected chi connectivity index (χ1v) is 9.92. The third-order valence-corrected chi connectivity index (χ3v) is 6.57. The Hall–Kier alpha value is -2.49. The molecule has 1 saturated heterocycles. The number of nitrogens with one attached hydrogen (secondary N) is 1.